The lowest BCUT2D eigenvalue weighted by Gasteiger charge is -2.11. The molecule has 0 aromatic heterocycles. The first-order valence-electron chi connectivity index (χ1n) is 8.93. The third-order valence-electron chi connectivity index (χ3n) is 4.06. The second-order valence-corrected chi connectivity index (χ2v) is 8.27. The highest BCUT2D eigenvalue weighted by Gasteiger charge is 2.36. The molecule has 2 heterocycles. The number of hydrogen-bond donors (Lipinski definition) is 0. The van der Waals surface area contributed by atoms with E-state index in [1.807, 2.05) is 6.92 Å². The number of fused-ring (bicyclic) bond motifs is 1. The fourth-order valence-corrected chi connectivity index (χ4v) is 5.30. The zero-order valence-corrected chi connectivity index (χ0v) is 17.7. The maximum absolute atomic E-state index is 12.6. The summed E-state index contributed by atoms with van der Waals surface area (Å²) in [6, 6.07) is 3.23. The summed E-state index contributed by atoms with van der Waals surface area (Å²) in [7, 11) is 1.62. The number of hydrogen-bond acceptors (Lipinski definition) is 8. The minimum Gasteiger partial charge on any atom is -0.425 e. The molecule has 1 aromatic carbocycles. The summed E-state index contributed by atoms with van der Waals surface area (Å²) in [5.41, 5.74) is 1.24. The van der Waals surface area contributed by atoms with Crippen molar-refractivity contribution < 1.29 is 23.9 Å². The Hall–Kier alpha value is -2.26. The third-order valence-corrected chi connectivity index (χ3v) is 6.69. The molecule has 1 amide bonds. The monoisotopic (exact) mass is 420 g/mol. The lowest BCUT2D eigenvalue weighted by Crippen LogP contribution is -2.17. The molecule has 2 aliphatic rings. The van der Waals surface area contributed by atoms with E-state index in [0.717, 1.165) is 4.24 Å². The Balaban J connectivity index is 2.06. The normalized spacial score (nSPS) is 15.6. The quantitative estimate of drug-likeness (QED) is 0.405. The van der Waals surface area contributed by atoms with Gasteiger partial charge in [0.25, 0.3) is 5.91 Å². The predicted molar refractivity (Wildman–Crippen MR) is 108 cm³/mol. The van der Waals surface area contributed by atoms with Crippen LogP contribution in [0.1, 0.15) is 40.0 Å². The van der Waals surface area contributed by atoms with Crippen LogP contribution in [-0.4, -0.2) is 35.6 Å². The van der Waals surface area contributed by atoms with E-state index in [-0.39, 0.29) is 30.7 Å². The van der Waals surface area contributed by atoms with E-state index in [9.17, 15) is 14.4 Å². The van der Waals surface area contributed by atoms with Gasteiger partial charge in [0, 0.05) is 19.9 Å². The minimum absolute atomic E-state index is 0.182. The van der Waals surface area contributed by atoms with E-state index in [4.69, 9.17) is 9.47 Å². The van der Waals surface area contributed by atoms with Crippen molar-refractivity contribution in [3.8, 4) is 11.5 Å². The molecule has 0 radical (unpaired) electrons. The molecule has 9 heteroatoms. The van der Waals surface area contributed by atoms with Crippen molar-refractivity contribution in [3.05, 3.63) is 21.9 Å². The van der Waals surface area contributed by atoms with Gasteiger partial charge in [-0.3, -0.25) is 14.4 Å². The zero-order valence-electron chi connectivity index (χ0n) is 16.0. The van der Waals surface area contributed by atoms with Gasteiger partial charge in [0.1, 0.15) is 11.5 Å². The van der Waals surface area contributed by atoms with Crippen LogP contribution in [0.3, 0.4) is 0 Å². The Kier molecular flexibility index (Phi) is 6.14. The Bertz CT molecular complexity index is 874. The summed E-state index contributed by atoms with van der Waals surface area (Å²) < 4.78 is 11.6. The molecule has 0 N–H and O–H groups in total. The minimum atomic E-state index is -0.361. The van der Waals surface area contributed by atoms with Gasteiger partial charge in [-0.25, -0.2) is 5.01 Å². The van der Waals surface area contributed by atoms with E-state index in [2.05, 4.69) is 5.10 Å². The molecule has 28 heavy (non-hydrogen) atoms. The number of thioether (sulfide) groups is 2. The fraction of sp³-hybridized carbons (Fsp3) is 0.368. The van der Waals surface area contributed by atoms with Crippen molar-refractivity contribution in [2.75, 3.05) is 7.05 Å². The molecule has 0 saturated heterocycles. The Morgan fingerprint density at radius 3 is 1.93 bits per heavy atom. The van der Waals surface area contributed by atoms with Crippen molar-refractivity contribution in [3.63, 3.8) is 0 Å². The number of carbonyl (C=O) groups is 3. The second kappa shape index (κ2) is 8.40. The molecule has 0 bridgehead atoms. The number of amides is 1. The molecule has 0 aliphatic carbocycles. The highest BCUT2D eigenvalue weighted by molar-refractivity contribution is 8.25. The zero-order chi connectivity index (χ0) is 20.4. The van der Waals surface area contributed by atoms with Crippen LogP contribution in [0.15, 0.2) is 36.8 Å². The molecule has 0 fully saturated rings. The molecule has 0 atom stereocenters. The predicted octanol–water partition coefficient (Wildman–Crippen LogP) is 3.96. The van der Waals surface area contributed by atoms with Crippen molar-refractivity contribution in [2.45, 2.75) is 49.8 Å². The highest BCUT2D eigenvalue weighted by atomic mass is 32.2. The van der Waals surface area contributed by atoms with Gasteiger partial charge < -0.3 is 9.47 Å². The molecular formula is C19H20N2O5S2. The van der Waals surface area contributed by atoms with Gasteiger partial charge in [-0.15, -0.1) is 0 Å². The van der Waals surface area contributed by atoms with E-state index in [0.29, 0.717) is 39.0 Å². The average Bonchev–Trinajstić information content (AvgIpc) is 3.25. The summed E-state index contributed by atoms with van der Waals surface area (Å²) in [4.78, 5) is 37.5. The van der Waals surface area contributed by atoms with Crippen LogP contribution in [0.2, 0.25) is 0 Å². The van der Waals surface area contributed by atoms with E-state index < -0.39 is 0 Å². The van der Waals surface area contributed by atoms with Gasteiger partial charge in [0.15, 0.2) is 0 Å². The van der Waals surface area contributed by atoms with Crippen LogP contribution in [-0.2, 0) is 14.4 Å². The standard InChI is InChI=1S/C19H20N2O5S2/c1-5-10-15(18(24)21(4)20-10)19-27-16-11(25-13(22)6-2)8-9-12(17(16)28-19)26-14(23)7-3/h8-9H,5-7H2,1-4H3. The lowest BCUT2D eigenvalue weighted by atomic mass is 10.1. The largest absolute Gasteiger partial charge is 0.425 e. The first-order valence-corrected chi connectivity index (χ1v) is 10.6. The number of benzene rings is 1. The van der Waals surface area contributed by atoms with Gasteiger partial charge in [-0.1, -0.05) is 44.3 Å². The molecule has 0 unspecified atom stereocenters. The van der Waals surface area contributed by atoms with Crippen LogP contribution in [0.5, 0.6) is 11.5 Å². The summed E-state index contributed by atoms with van der Waals surface area (Å²) in [6.45, 7) is 5.37. The van der Waals surface area contributed by atoms with Gasteiger partial charge in [0.2, 0.25) is 0 Å². The third kappa shape index (κ3) is 3.81. The molecule has 2 aliphatic heterocycles. The maximum Gasteiger partial charge on any atom is 0.310 e. The molecule has 0 spiro atoms. The topological polar surface area (TPSA) is 85.3 Å². The molecule has 148 valence electrons. The molecule has 1 aromatic rings. The van der Waals surface area contributed by atoms with E-state index >= 15 is 0 Å². The Morgan fingerprint density at radius 1 is 1.00 bits per heavy atom. The number of carbonyl (C=O) groups excluding carboxylic acids is 3. The van der Waals surface area contributed by atoms with Crippen molar-refractivity contribution in [2.24, 2.45) is 5.10 Å². The smallest absolute Gasteiger partial charge is 0.310 e. The number of nitrogens with zero attached hydrogens (tertiary/aromatic N) is 2. The van der Waals surface area contributed by atoms with Gasteiger partial charge in [-0.2, -0.15) is 5.10 Å². The summed E-state index contributed by atoms with van der Waals surface area (Å²) >= 11 is 2.66. The number of rotatable bonds is 5. The van der Waals surface area contributed by atoms with Crippen molar-refractivity contribution in [1.82, 2.24) is 5.01 Å². The number of hydrazone groups is 1. The summed E-state index contributed by atoms with van der Waals surface area (Å²) in [6.07, 6.45) is 1.09. The first-order chi connectivity index (χ1) is 13.4. The van der Waals surface area contributed by atoms with Crippen LogP contribution in [0.25, 0.3) is 0 Å². The second-order valence-electron chi connectivity index (χ2n) is 5.97. The number of likely N-dealkylation sites (N-methyl/N-ethyl adjacent to an activating group) is 1. The van der Waals surface area contributed by atoms with Crippen LogP contribution in [0.4, 0.5) is 0 Å². The fourth-order valence-electron chi connectivity index (χ4n) is 2.59. The van der Waals surface area contributed by atoms with Gasteiger partial charge >= 0.3 is 11.9 Å². The van der Waals surface area contributed by atoms with Crippen molar-refractivity contribution >= 4 is 47.1 Å². The molecular weight excluding hydrogens is 400 g/mol. The van der Waals surface area contributed by atoms with Crippen LogP contribution < -0.4 is 9.47 Å². The maximum atomic E-state index is 12.6. The van der Waals surface area contributed by atoms with Crippen LogP contribution >= 0.6 is 23.5 Å². The Morgan fingerprint density at radius 2 is 1.50 bits per heavy atom. The SMILES string of the molecule is CCC(=O)Oc1ccc(OC(=O)CC)c2c1SC(=C1C(=O)N(C)N=C1CC)S2. The summed E-state index contributed by atoms with van der Waals surface area (Å²) in [5.74, 6) is -0.127. The average molecular weight is 421 g/mol. The van der Waals surface area contributed by atoms with Crippen molar-refractivity contribution in [1.29, 1.82) is 0 Å². The first kappa shape index (κ1) is 20.5. The summed E-state index contributed by atoms with van der Waals surface area (Å²) in [5, 5.41) is 5.61. The van der Waals surface area contributed by atoms with E-state index in [1.165, 1.54) is 28.5 Å². The molecule has 7 nitrogen and oxygen atoms in total. The molecule has 0 saturated carbocycles. The number of ether oxygens (including phenoxy) is 2. The van der Waals surface area contributed by atoms with Gasteiger partial charge in [-0.05, 0) is 18.6 Å². The number of esters is 2. The Labute approximate surface area is 171 Å². The lowest BCUT2D eigenvalue weighted by molar-refractivity contribution is -0.135. The van der Waals surface area contributed by atoms with Crippen LogP contribution in [0, 0.1) is 0 Å². The molecule has 3 rings (SSSR count). The van der Waals surface area contributed by atoms with Gasteiger partial charge in [0.05, 0.1) is 25.3 Å². The van der Waals surface area contributed by atoms with E-state index in [1.54, 1.807) is 33.0 Å². The highest BCUT2D eigenvalue weighted by Crippen LogP contribution is 2.59.